The number of nitrogens with one attached hydrogen (secondary N) is 1. The Hall–Kier alpha value is -0.940. The van der Waals surface area contributed by atoms with Gasteiger partial charge in [0.05, 0.1) is 0 Å². The molecule has 0 atom stereocenters. The summed E-state index contributed by atoms with van der Waals surface area (Å²) in [5.74, 6) is 0.808. The van der Waals surface area contributed by atoms with E-state index in [4.69, 9.17) is 4.52 Å². The zero-order valence-corrected chi connectivity index (χ0v) is 10.8. The maximum Gasteiger partial charge on any atom is 0.213 e. The molecule has 1 N–H and O–H groups in total. The van der Waals surface area contributed by atoms with Crippen molar-refractivity contribution in [1.82, 2.24) is 20.4 Å². The molecule has 0 radical (unpaired) electrons. The molecule has 0 aliphatic carbocycles. The zero-order valence-electron chi connectivity index (χ0n) is 10.8. The van der Waals surface area contributed by atoms with Gasteiger partial charge in [0, 0.05) is 38.1 Å². The fraction of sp³-hybridized carbons (Fsp3) is 0.833. The molecule has 2 heterocycles. The van der Waals surface area contributed by atoms with Gasteiger partial charge in [0.2, 0.25) is 6.39 Å². The monoisotopic (exact) mass is 238 g/mol. The van der Waals surface area contributed by atoms with Crippen LogP contribution in [-0.4, -0.2) is 46.8 Å². The van der Waals surface area contributed by atoms with Crippen LogP contribution >= 0.6 is 0 Å². The molecule has 5 nitrogen and oxygen atoms in total. The number of hydrogen-bond donors (Lipinski definition) is 1. The fourth-order valence-corrected chi connectivity index (χ4v) is 2.52. The van der Waals surface area contributed by atoms with Crippen molar-refractivity contribution in [2.45, 2.75) is 38.6 Å². The molecule has 0 aromatic carbocycles. The largest absolute Gasteiger partial charge is 0.343 e. The predicted octanol–water partition coefficient (Wildman–Crippen LogP) is 1.08. The highest BCUT2D eigenvalue weighted by Crippen LogP contribution is 2.19. The van der Waals surface area contributed by atoms with E-state index in [0.29, 0.717) is 5.54 Å². The lowest BCUT2D eigenvalue weighted by atomic mass is 9.90. The molecule has 17 heavy (non-hydrogen) atoms. The predicted molar refractivity (Wildman–Crippen MR) is 65.8 cm³/mol. The molecule has 96 valence electrons. The van der Waals surface area contributed by atoms with E-state index in [0.717, 1.165) is 38.4 Å². The first-order valence-electron chi connectivity index (χ1n) is 6.50. The van der Waals surface area contributed by atoms with Crippen LogP contribution in [0.25, 0.3) is 0 Å². The maximum absolute atomic E-state index is 4.75. The molecule has 0 saturated carbocycles. The Kier molecular flexibility index (Phi) is 4.12. The van der Waals surface area contributed by atoms with Gasteiger partial charge in [-0.2, -0.15) is 4.98 Å². The van der Waals surface area contributed by atoms with E-state index in [1.54, 1.807) is 0 Å². The van der Waals surface area contributed by atoms with Crippen molar-refractivity contribution in [2.24, 2.45) is 0 Å². The van der Waals surface area contributed by atoms with Crippen LogP contribution in [0, 0.1) is 0 Å². The van der Waals surface area contributed by atoms with Crippen LogP contribution in [0.15, 0.2) is 10.9 Å². The summed E-state index contributed by atoms with van der Waals surface area (Å²) in [6.45, 7) is 8.85. The second-order valence-corrected chi connectivity index (χ2v) is 4.79. The number of aromatic nitrogens is 2. The molecule has 0 amide bonds. The zero-order chi connectivity index (χ0) is 12.1. The van der Waals surface area contributed by atoms with Gasteiger partial charge in [-0.15, -0.1) is 0 Å². The first-order chi connectivity index (χ1) is 8.28. The summed E-state index contributed by atoms with van der Waals surface area (Å²) in [5, 5.41) is 7.51. The highest BCUT2D eigenvalue weighted by Gasteiger charge is 2.31. The molecular formula is C12H22N4O. The molecule has 5 heteroatoms. The van der Waals surface area contributed by atoms with Crippen molar-refractivity contribution in [3.05, 3.63) is 12.2 Å². The summed E-state index contributed by atoms with van der Waals surface area (Å²) >= 11 is 0. The van der Waals surface area contributed by atoms with Crippen LogP contribution in [0.5, 0.6) is 0 Å². The summed E-state index contributed by atoms with van der Waals surface area (Å²) in [6.07, 6.45) is 4.64. The van der Waals surface area contributed by atoms with Crippen molar-refractivity contribution < 1.29 is 4.52 Å². The normalized spacial score (nSPS) is 20.6. The highest BCUT2D eigenvalue weighted by molar-refractivity contribution is 4.93. The Bertz CT molecular complexity index is 321. The Labute approximate surface area is 103 Å². The highest BCUT2D eigenvalue weighted by atomic mass is 16.5. The van der Waals surface area contributed by atoms with Crippen LogP contribution in [0.2, 0.25) is 0 Å². The van der Waals surface area contributed by atoms with Gasteiger partial charge in [-0.05, 0) is 12.8 Å². The van der Waals surface area contributed by atoms with Gasteiger partial charge >= 0.3 is 0 Å². The molecule has 1 aromatic heterocycles. The average molecular weight is 238 g/mol. The third-order valence-corrected chi connectivity index (χ3v) is 3.87. The van der Waals surface area contributed by atoms with Crippen molar-refractivity contribution in [3.63, 3.8) is 0 Å². The van der Waals surface area contributed by atoms with Crippen molar-refractivity contribution in [2.75, 3.05) is 26.2 Å². The summed E-state index contributed by atoms with van der Waals surface area (Å²) in [4.78, 5) is 6.56. The van der Waals surface area contributed by atoms with Crippen LogP contribution in [0.1, 0.15) is 32.5 Å². The number of piperazine rings is 1. The van der Waals surface area contributed by atoms with Crippen molar-refractivity contribution >= 4 is 0 Å². The lowest BCUT2D eigenvalue weighted by Crippen LogP contribution is -2.60. The van der Waals surface area contributed by atoms with Crippen LogP contribution in [0.3, 0.4) is 0 Å². The molecule has 0 bridgehead atoms. The van der Waals surface area contributed by atoms with Crippen LogP contribution in [-0.2, 0) is 6.42 Å². The van der Waals surface area contributed by atoms with Gasteiger partial charge in [-0.25, -0.2) is 0 Å². The SMILES string of the molecule is CCC1(CC)CN(CCc2ncon2)CCN1. The third kappa shape index (κ3) is 3.04. The van der Waals surface area contributed by atoms with Crippen molar-refractivity contribution in [3.8, 4) is 0 Å². The van der Waals surface area contributed by atoms with Gasteiger partial charge in [0.25, 0.3) is 0 Å². The third-order valence-electron chi connectivity index (χ3n) is 3.87. The summed E-state index contributed by atoms with van der Waals surface area (Å²) in [7, 11) is 0. The Balaban J connectivity index is 1.85. The van der Waals surface area contributed by atoms with E-state index < -0.39 is 0 Å². The summed E-state index contributed by atoms with van der Waals surface area (Å²) in [6, 6.07) is 0. The van der Waals surface area contributed by atoms with E-state index in [9.17, 15) is 0 Å². The topological polar surface area (TPSA) is 54.2 Å². The molecule has 1 aliphatic heterocycles. The molecule has 1 aromatic rings. The summed E-state index contributed by atoms with van der Waals surface area (Å²) < 4.78 is 4.75. The fourth-order valence-electron chi connectivity index (χ4n) is 2.52. The van der Waals surface area contributed by atoms with Gasteiger partial charge in [-0.3, -0.25) is 4.90 Å². The smallest absolute Gasteiger partial charge is 0.213 e. The lowest BCUT2D eigenvalue weighted by molar-refractivity contribution is 0.124. The molecule has 1 saturated heterocycles. The van der Waals surface area contributed by atoms with Gasteiger partial charge in [0.15, 0.2) is 5.82 Å². The van der Waals surface area contributed by atoms with E-state index >= 15 is 0 Å². The first-order valence-corrected chi connectivity index (χ1v) is 6.50. The minimum absolute atomic E-state index is 0.301. The standard InChI is InChI=1S/C12H22N4O/c1-3-12(4-2)9-16(8-6-14-12)7-5-11-13-10-17-15-11/h10,14H,3-9H2,1-2H3. The first kappa shape index (κ1) is 12.5. The van der Waals surface area contributed by atoms with Gasteiger partial charge < -0.3 is 9.84 Å². The second kappa shape index (κ2) is 5.60. The second-order valence-electron chi connectivity index (χ2n) is 4.79. The molecule has 0 spiro atoms. The Morgan fingerprint density at radius 2 is 2.29 bits per heavy atom. The Morgan fingerprint density at radius 3 is 2.94 bits per heavy atom. The van der Waals surface area contributed by atoms with Crippen LogP contribution < -0.4 is 5.32 Å². The van der Waals surface area contributed by atoms with Crippen LogP contribution in [0.4, 0.5) is 0 Å². The summed E-state index contributed by atoms with van der Waals surface area (Å²) in [5.41, 5.74) is 0.301. The lowest BCUT2D eigenvalue weighted by Gasteiger charge is -2.43. The molecule has 2 rings (SSSR count). The van der Waals surface area contributed by atoms with E-state index in [1.807, 2.05) is 0 Å². The van der Waals surface area contributed by atoms with E-state index in [1.165, 1.54) is 19.2 Å². The number of nitrogens with zero attached hydrogens (tertiary/aromatic N) is 3. The van der Waals surface area contributed by atoms with E-state index in [-0.39, 0.29) is 0 Å². The molecular weight excluding hydrogens is 216 g/mol. The molecule has 1 fully saturated rings. The minimum Gasteiger partial charge on any atom is -0.343 e. The minimum atomic E-state index is 0.301. The molecule has 1 aliphatic rings. The van der Waals surface area contributed by atoms with Gasteiger partial charge in [0.1, 0.15) is 0 Å². The van der Waals surface area contributed by atoms with E-state index in [2.05, 4.69) is 34.2 Å². The number of rotatable bonds is 5. The van der Waals surface area contributed by atoms with Gasteiger partial charge in [-0.1, -0.05) is 19.0 Å². The maximum atomic E-state index is 4.75. The Morgan fingerprint density at radius 1 is 1.47 bits per heavy atom. The van der Waals surface area contributed by atoms with Crippen molar-refractivity contribution in [1.29, 1.82) is 0 Å². The average Bonchev–Trinajstić information content (AvgIpc) is 2.90. The number of hydrogen-bond acceptors (Lipinski definition) is 5. The quantitative estimate of drug-likeness (QED) is 0.832. The molecule has 0 unspecified atom stereocenters.